The summed E-state index contributed by atoms with van der Waals surface area (Å²) in [6.07, 6.45) is 1.50. The Labute approximate surface area is 109 Å². The van der Waals surface area contributed by atoms with E-state index in [1.165, 1.54) is 6.33 Å². The van der Waals surface area contributed by atoms with Crippen molar-refractivity contribution in [2.45, 2.75) is 0 Å². The Morgan fingerprint density at radius 2 is 2.06 bits per heavy atom. The zero-order valence-corrected chi connectivity index (χ0v) is 10.4. The maximum atomic E-state index is 5.94. The number of nitrogens with one attached hydrogen (secondary N) is 1. The van der Waals surface area contributed by atoms with Gasteiger partial charge in [0.2, 0.25) is 0 Å². The first-order valence-electron chi connectivity index (χ1n) is 5.45. The lowest BCUT2D eigenvalue weighted by atomic mass is 10.2. The number of halogens is 1. The molecule has 0 radical (unpaired) electrons. The molecule has 0 fully saturated rings. The van der Waals surface area contributed by atoms with Gasteiger partial charge in [0.05, 0.1) is 0 Å². The molecule has 1 aromatic carbocycles. The largest absolute Gasteiger partial charge is 0.454 e. The van der Waals surface area contributed by atoms with Crippen molar-refractivity contribution >= 4 is 28.4 Å². The van der Waals surface area contributed by atoms with Crippen molar-refractivity contribution in [3.8, 4) is 11.5 Å². The maximum absolute atomic E-state index is 5.94. The van der Waals surface area contributed by atoms with Crippen LogP contribution in [0.4, 0.5) is 5.82 Å². The summed E-state index contributed by atoms with van der Waals surface area (Å²) in [4.78, 5) is 8.26. The normalized spacial score (nSPS) is 10.8. The van der Waals surface area contributed by atoms with E-state index in [-0.39, 0.29) is 0 Å². The van der Waals surface area contributed by atoms with Crippen LogP contribution in [0.25, 0.3) is 22.4 Å². The summed E-state index contributed by atoms with van der Waals surface area (Å²) in [5.41, 5.74) is 1.53. The van der Waals surface area contributed by atoms with Crippen LogP contribution in [0.5, 0.6) is 0 Å². The van der Waals surface area contributed by atoms with E-state index < -0.39 is 0 Å². The number of hydrogen-bond acceptors (Lipinski definition) is 4. The number of anilines is 1. The predicted octanol–water partition coefficient (Wildman–Crippen LogP) is 3.58. The molecule has 0 aliphatic rings. The molecule has 0 saturated heterocycles. The lowest BCUT2D eigenvalue weighted by Crippen LogP contribution is -1.93. The third kappa shape index (κ3) is 1.91. The Kier molecular flexibility index (Phi) is 2.64. The van der Waals surface area contributed by atoms with Crippen molar-refractivity contribution in [1.29, 1.82) is 0 Å². The number of rotatable bonds is 2. The van der Waals surface area contributed by atoms with Gasteiger partial charge in [-0.1, -0.05) is 11.6 Å². The minimum Gasteiger partial charge on any atom is -0.454 e. The standard InChI is InChI=1S/C13H10ClN3O/c1-15-13-6-10(16-7-17-13)12-5-8-4-9(14)2-3-11(8)18-12/h2-7H,1H3,(H,15,16,17). The van der Waals surface area contributed by atoms with Gasteiger partial charge in [-0.15, -0.1) is 0 Å². The molecular formula is C13H10ClN3O. The second-order valence-corrected chi connectivity index (χ2v) is 4.27. The summed E-state index contributed by atoms with van der Waals surface area (Å²) in [6, 6.07) is 9.27. The molecule has 0 aliphatic heterocycles. The first-order chi connectivity index (χ1) is 8.76. The van der Waals surface area contributed by atoms with E-state index in [1.807, 2.05) is 31.3 Å². The summed E-state index contributed by atoms with van der Waals surface area (Å²) >= 11 is 5.94. The van der Waals surface area contributed by atoms with Gasteiger partial charge in [-0.2, -0.15) is 0 Å². The first kappa shape index (κ1) is 11.0. The highest BCUT2D eigenvalue weighted by molar-refractivity contribution is 6.31. The quantitative estimate of drug-likeness (QED) is 0.764. The fraction of sp³-hybridized carbons (Fsp3) is 0.0769. The number of aromatic nitrogens is 2. The summed E-state index contributed by atoms with van der Waals surface area (Å²) in [5.74, 6) is 1.45. The Balaban J connectivity index is 2.13. The van der Waals surface area contributed by atoms with Crippen molar-refractivity contribution in [1.82, 2.24) is 9.97 Å². The van der Waals surface area contributed by atoms with Gasteiger partial charge in [0.25, 0.3) is 0 Å². The topological polar surface area (TPSA) is 51.0 Å². The molecule has 1 N–H and O–H groups in total. The highest BCUT2D eigenvalue weighted by atomic mass is 35.5. The maximum Gasteiger partial charge on any atom is 0.153 e. The van der Waals surface area contributed by atoms with E-state index in [1.54, 1.807) is 6.07 Å². The van der Waals surface area contributed by atoms with Crippen LogP contribution in [-0.2, 0) is 0 Å². The van der Waals surface area contributed by atoms with Crippen molar-refractivity contribution in [2.24, 2.45) is 0 Å². The summed E-state index contributed by atoms with van der Waals surface area (Å²) < 4.78 is 5.73. The van der Waals surface area contributed by atoms with Gasteiger partial charge in [0.1, 0.15) is 23.4 Å². The Hall–Kier alpha value is -2.07. The van der Waals surface area contributed by atoms with Gasteiger partial charge in [-0.3, -0.25) is 0 Å². The molecule has 3 rings (SSSR count). The molecular weight excluding hydrogens is 250 g/mol. The highest BCUT2D eigenvalue weighted by Gasteiger charge is 2.08. The lowest BCUT2D eigenvalue weighted by molar-refractivity contribution is 0.628. The number of hydrogen-bond donors (Lipinski definition) is 1. The number of nitrogens with zero attached hydrogens (tertiary/aromatic N) is 2. The molecule has 5 heteroatoms. The van der Waals surface area contributed by atoms with Crippen molar-refractivity contribution < 1.29 is 4.42 Å². The number of furan rings is 1. The molecule has 90 valence electrons. The second-order valence-electron chi connectivity index (χ2n) is 3.83. The van der Waals surface area contributed by atoms with E-state index in [2.05, 4.69) is 15.3 Å². The summed E-state index contributed by atoms with van der Waals surface area (Å²) in [5, 5.41) is 4.61. The van der Waals surface area contributed by atoms with Gasteiger partial charge in [0.15, 0.2) is 5.76 Å². The van der Waals surface area contributed by atoms with E-state index >= 15 is 0 Å². The molecule has 0 aliphatic carbocycles. The Morgan fingerprint density at radius 3 is 2.89 bits per heavy atom. The van der Waals surface area contributed by atoms with Gasteiger partial charge < -0.3 is 9.73 Å². The SMILES string of the molecule is CNc1cc(-c2cc3cc(Cl)ccc3o2)ncn1. The van der Waals surface area contributed by atoms with Gasteiger partial charge >= 0.3 is 0 Å². The fourth-order valence-corrected chi connectivity index (χ4v) is 1.95. The van der Waals surface area contributed by atoms with E-state index in [0.717, 1.165) is 22.5 Å². The average molecular weight is 260 g/mol. The average Bonchev–Trinajstić information content (AvgIpc) is 2.81. The molecule has 0 amide bonds. The van der Waals surface area contributed by atoms with Crippen LogP contribution >= 0.6 is 11.6 Å². The molecule has 0 atom stereocenters. The summed E-state index contributed by atoms with van der Waals surface area (Å²) in [6.45, 7) is 0. The monoisotopic (exact) mass is 259 g/mol. The van der Waals surface area contributed by atoms with Crippen LogP contribution in [0.3, 0.4) is 0 Å². The summed E-state index contributed by atoms with van der Waals surface area (Å²) in [7, 11) is 1.81. The molecule has 4 nitrogen and oxygen atoms in total. The third-order valence-electron chi connectivity index (χ3n) is 2.65. The zero-order chi connectivity index (χ0) is 12.5. The molecule has 18 heavy (non-hydrogen) atoms. The minimum absolute atomic E-state index is 0.688. The molecule has 0 bridgehead atoms. The Bertz CT molecular complexity index is 708. The second kappa shape index (κ2) is 4.31. The first-order valence-corrected chi connectivity index (χ1v) is 5.83. The minimum atomic E-state index is 0.688. The van der Waals surface area contributed by atoms with E-state index in [0.29, 0.717) is 10.8 Å². The van der Waals surface area contributed by atoms with Crippen LogP contribution in [-0.4, -0.2) is 17.0 Å². The van der Waals surface area contributed by atoms with Gasteiger partial charge in [-0.05, 0) is 24.3 Å². The van der Waals surface area contributed by atoms with Crippen molar-refractivity contribution in [2.75, 3.05) is 12.4 Å². The molecule has 2 heterocycles. The molecule has 2 aromatic heterocycles. The lowest BCUT2D eigenvalue weighted by Gasteiger charge is -1.99. The van der Waals surface area contributed by atoms with Gasteiger partial charge in [-0.25, -0.2) is 9.97 Å². The smallest absolute Gasteiger partial charge is 0.153 e. The highest BCUT2D eigenvalue weighted by Crippen LogP contribution is 2.28. The molecule has 0 unspecified atom stereocenters. The number of fused-ring (bicyclic) bond motifs is 1. The predicted molar refractivity (Wildman–Crippen MR) is 71.8 cm³/mol. The Morgan fingerprint density at radius 1 is 1.17 bits per heavy atom. The molecule has 0 saturated carbocycles. The number of benzene rings is 1. The van der Waals surface area contributed by atoms with Crippen LogP contribution < -0.4 is 5.32 Å². The van der Waals surface area contributed by atoms with Crippen LogP contribution in [0, 0.1) is 0 Å². The van der Waals surface area contributed by atoms with Crippen LogP contribution in [0.1, 0.15) is 0 Å². The zero-order valence-electron chi connectivity index (χ0n) is 9.64. The van der Waals surface area contributed by atoms with Crippen molar-refractivity contribution in [3.63, 3.8) is 0 Å². The molecule has 3 aromatic rings. The third-order valence-corrected chi connectivity index (χ3v) is 2.89. The van der Waals surface area contributed by atoms with Gasteiger partial charge in [0, 0.05) is 23.5 Å². The van der Waals surface area contributed by atoms with E-state index in [4.69, 9.17) is 16.0 Å². The molecule has 0 spiro atoms. The van der Waals surface area contributed by atoms with Crippen LogP contribution in [0.15, 0.2) is 41.1 Å². The van der Waals surface area contributed by atoms with Crippen LogP contribution in [0.2, 0.25) is 5.02 Å². The van der Waals surface area contributed by atoms with E-state index in [9.17, 15) is 0 Å². The fourth-order valence-electron chi connectivity index (χ4n) is 1.77. The van der Waals surface area contributed by atoms with Crippen molar-refractivity contribution in [3.05, 3.63) is 41.7 Å².